The van der Waals surface area contributed by atoms with E-state index < -0.39 is 0 Å². The van der Waals surface area contributed by atoms with Crippen LogP contribution >= 0.6 is 0 Å². The molecule has 0 fully saturated rings. The summed E-state index contributed by atoms with van der Waals surface area (Å²) < 4.78 is 24.4. The second-order valence-electron chi connectivity index (χ2n) is 5.07. The molecule has 0 saturated heterocycles. The van der Waals surface area contributed by atoms with Crippen LogP contribution in [0.2, 0.25) is 0 Å². The molecule has 1 rings (SSSR count). The van der Waals surface area contributed by atoms with E-state index in [1.54, 1.807) is 25.3 Å². The summed E-state index contributed by atoms with van der Waals surface area (Å²) in [5, 5.41) is 6.42. The first-order valence-electron chi connectivity index (χ1n) is 8.13. The summed E-state index contributed by atoms with van der Waals surface area (Å²) in [5.41, 5.74) is 0. The first-order valence-corrected chi connectivity index (χ1v) is 8.13. The molecule has 0 aliphatic carbocycles. The summed E-state index contributed by atoms with van der Waals surface area (Å²) in [6.07, 6.45) is 1.49. The molecule has 1 unspecified atom stereocenters. The van der Waals surface area contributed by atoms with Gasteiger partial charge in [-0.25, -0.2) is 9.38 Å². The molecule has 0 aliphatic rings. The number of nitrogens with one attached hydrogen (secondary N) is 2. The van der Waals surface area contributed by atoms with Crippen molar-refractivity contribution < 1.29 is 13.9 Å². The summed E-state index contributed by atoms with van der Waals surface area (Å²) >= 11 is 0. The molecule has 0 aliphatic heterocycles. The van der Waals surface area contributed by atoms with Gasteiger partial charge in [-0.2, -0.15) is 0 Å². The summed E-state index contributed by atoms with van der Waals surface area (Å²) in [6, 6.07) is 6.44. The molecule has 0 spiro atoms. The van der Waals surface area contributed by atoms with E-state index in [1.165, 1.54) is 6.07 Å². The first-order chi connectivity index (χ1) is 11.2. The topological polar surface area (TPSA) is 54.9 Å². The van der Waals surface area contributed by atoms with Crippen LogP contribution in [0.4, 0.5) is 4.39 Å². The van der Waals surface area contributed by atoms with E-state index in [0.29, 0.717) is 13.2 Å². The van der Waals surface area contributed by atoms with Crippen LogP contribution < -0.4 is 15.4 Å². The van der Waals surface area contributed by atoms with Crippen LogP contribution in [0.1, 0.15) is 26.7 Å². The number of guanidine groups is 1. The Bertz CT molecular complexity index is 469. The number of halogens is 1. The van der Waals surface area contributed by atoms with E-state index in [0.717, 1.165) is 31.9 Å². The minimum atomic E-state index is -0.348. The Hall–Kier alpha value is -1.82. The van der Waals surface area contributed by atoms with E-state index >= 15 is 0 Å². The van der Waals surface area contributed by atoms with Crippen molar-refractivity contribution in [3.05, 3.63) is 30.1 Å². The fourth-order valence-electron chi connectivity index (χ4n) is 1.93. The molecule has 1 aromatic carbocycles. The second kappa shape index (κ2) is 11.7. The van der Waals surface area contributed by atoms with Crippen molar-refractivity contribution in [1.82, 2.24) is 10.6 Å². The predicted octanol–water partition coefficient (Wildman–Crippen LogP) is 2.57. The summed E-state index contributed by atoms with van der Waals surface area (Å²) in [6.45, 7) is 6.75. The van der Waals surface area contributed by atoms with Crippen molar-refractivity contribution >= 4 is 5.96 Å². The molecule has 130 valence electrons. The van der Waals surface area contributed by atoms with E-state index in [-0.39, 0.29) is 17.7 Å². The Morgan fingerprint density at radius 1 is 1.26 bits per heavy atom. The molecule has 0 aromatic heterocycles. The summed E-state index contributed by atoms with van der Waals surface area (Å²) in [5.74, 6) is 0.659. The van der Waals surface area contributed by atoms with Gasteiger partial charge in [0.1, 0.15) is 6.10 Å². The third-order valence-electron chi connectivity index (χ3n) is 3.20. The number of para-hydroxylation sites is 1. The fraction of sp³-hybridized carbons (Fsp3) is 0.588. The minimum absolute atomic E-state index is 0.165. The van der Waals surface area contributed by atoms with Crippen LogP contribution in [-0.4, -0.2) is 45.4 Å². The minimum Gasteiger partial charge on any atom is -0.485 e. The molecular formula is C17H28FN3O2. The number of hydrogen-bond acceptors (Lipinski definition) is 3. The number of rotatable bonds is 10. The zero-order valence-electron chi connectivity index (χ0n) is 14.3. The van der Waals surface area contributed by atoms with Gasteiger partial charge in [-0.1, -0.05) is 19.1 Å². The van der Waals surface area contributed by atoms with Gasteiger partial charge in [0, 0.05) is 26.8 Å². The highest BCUT2D eigenvalue weighted by molar-refractivity contribution is 5.79. The van der Waals surface area contributed by atoms with Crippen LogP contribution in [0.3, 0.4) is 0 Å². The molecule has 0 saturated carbocycles. The number of benzene rings is 1. The van der Waals surface area contributed by atoms with E-state index in [4.69, 9.17) is 9.47 Å². The van der Waals surface area contributed by atoms with Crippen LogP contribution in [0.15, 0.2) is 29.3 Å². The molecule has 0 amide bonds. The lowest BCUT2D eigenvalue weighted by Crippen LogP contribution is -2.39. The predicted molar refractivity (Wildman–Crippen MR) is 91.6 cm³/mol. The number of nitrogens with zero attached hydrogens (tertiary/aromatic N) is 1. The fourth-order valence-corrected chi connectivity index (χ4v) is 1.93. The van der Waals surface area contributed by atoms with Crippen LogP contribution in [0, 0.1) is 5.82 Å². The third-order valence-corrected chi connectivity index (χ3v) is 3.20. The highest BCUT2D eigenvalue weighted by Crippen LogP contribution is 2.18. The molecule has 0 bridgehead atoms. The van der Waals surface area contributed by atoms with Crippen molar-refractivity contribution in [1.29, 1.82) is 0 Å². The standard InChI is InChI=1S/C17H28FN3O2/c1-4-14(23-16-10-7-6-9-15(16)18)13-21-17(19-5-2)20-11-8-12-22-3/h6-7,9-10,14H,4-5,8,11-13H2,1-3H3,(H2,19,20,21). The Labute approximate surface area is 138 Å². The zero-order chi connectivity index (χ0) is 16.9. The average Bonchev–Trinajstić information content (AvgIpc) is 2.56. The van der Waals surface area contributed by atoms with E-state index in [9.17, 15) is 4.39 Å². The lowest BCUT2D eigenvalue weighted by molar-refractivity contribution is 0.195. The third kappa shape index (κ3) is 7.83. The van der Waals surface area contributed by atoms with Gasteiger partial charge in [0.25, 0.3) is 0 Å². The molecule has 2 N–H and O–H groups in total. The Kier molecular flexibility index (Phi) is 9.79. The van der Waals surface area contributed by atoms with Crippen molar-refractivity contribution in [2.45, 2.75) is 32.8 Å². The quantitative estimate of drug-likeness (QED) is 0.394. The monoisotopic (exact) mass is 325 g/mol. The van der Waals surface area contributed by atoms with Crippen molar-refractivity contribution in [2.24, 2.45) is 4.99 Å². The normalized spacial score (nSPS) is 12.8. The second-order valence-corrected chi connectivity index (χ2v) is 5.07. The van der Waals surface area contributed by atoms with Gasteiger partial charge in [-0.05, 0) is 31.9 Å². The van der Waals surface area contributed by atoms with Crippen LogP contribution in [-0.2, 0) is 4.74 Å². The number of aliphatic imine (C=N–C) groups is 1. The molecule has 1 atom stereocenters. The molecule has 6 heteroatoms. The number of hydrogen-bond donors (Lipinski definition) is 2. The van der Waals surface area contributed by atoms with Crippen molar-refractivity contribution in [3.63, 3.8) is 0 Å². The molecule has 1 aromatic rings. The van der Waals surface area contributed by atoms with Crippen LogP contribution in [0.25, 0.3) is 0 Å². The molecule has 0 heterocycles. The maximum atomic E-state index is 13.6. The lowest BCUT2D eigenvalue weighted by atomic mass is 10.2. The van der Waals surface area contributed by atoms with Crippen LogP contribution in [0.5, 0.6) is 5.75 Å². The largest absolute Gasteiger partial charge is 0.485 e. The first kappa shape index (κ1) is 19.2. The zero-order valence-corrected chi connectivity index (χ0v) is 14.3. The Morgan fingerprint density at radius 2 is 2.04 bits per heavy atom. The Balaban J connectivity index is 2.54. The SMILES string of the molecule is CCNC(=NCC(CC)Oc1ccccc1F)NCCCOC. The molecule has 23 heavy (non-hydrogen) atoms. The van der Waals surface area contributed by atoms with Gasteiger partial charge < -0.3 is 20.1 Å². The van der Waals surface area contributed by atoms with E-state index in [2.05, 4.69) is 15.6 Å². The van der Waals surface area contributed by atoms with Gasteiger partial charge in [0.2, 0.25) is 0 Å². The summed E-state index contributed by atoms with van der Waals surface area (Å²) in [7, 11) is 1.69. The highest BCUT2D eigenvalue weighted by Gasteiger charge is 2.11. The maximum Gasteiger partial charge on any atom is 0.191 e. The van der Waals surface area contributed by atoms with Gasteiger partial charge in [-0.15, -0.1) is 0 Å². The Morgan fingerprint density at radius 3 is 2.70 bits per heavy atom. The summed E-state index contributed by atoms with van der Waals surface area (Å²) in [4.78, 5) is 4.51. The van der Waals surface area contributed by atoms with E-state index in [1.807, 2.05) is 13.8 Å². The number of ether oxygens (including phenoxy) is 2. The lowest BCUT2D eigenvalue weighted by Gasteiger charge is -2.17. The number of methoxy groups -OCH3 is 1. The van der Waals surface area contributed by atoms with Gasteiger partial charge in [-0.3, -0.25) is 0 Å². The van der Waals surface area contributed by atoms with Crippen molar-refractivity contribution in [3.8, 4) is 5.75 Å². The van der Waals surface area contributed by atoms with Gasteiger partial charge in [0.05, 0.1) is 6.54 Å². The average molecular weight is 325 g/mol. The van der Waals surface area contributed by atoms with Gasteiger partial charge in [0.15, 0.2) is 17.5 Å². The molecular weight excluding hydrogens is 297 g/mol. The highest BCUT2D eigenvalue weighted by atomic mass is 19.1. The molecule has 0 radical (unpaired) electrons. The molecule has 5 nitrogen and oxygen atoms in total. The van der Waals surface area contributed by atoms with Crippen molar-refractivity contribution in [2.75, 3.05) is 33.4 Å². The smallest absolute Gasteiger partial charge is 0.191 e. The van der Waals surface area contributed by atoms with Gasteiger partial charge >= 0.3 is 0 Å². The maximum absolute atomic E-state index is 13.6.